The Morgan fingerprint density at radius 2 is 2.16 bits per heavy atom. The van der Waals surface area contributed by atoms with Gasteiger partial charge in [0.1, 0.15) is 0 Å². The molecule has 1 aromatic carbocycles. The number of carbonyl (C=O) groups is 1. The summed E-state index contributed by atoms with van der Waals surface area (Å²) in [6.07, 6.45) is 0.728. The molecular weight excluding hydrogens is 326 g/mol. The minimum atomic E-state index is 0.116. The lowest BCUT2D eigenvalue weighted by Gasteiger charge is -2.19. The molecule has 0 saturated carbocycles. The average Bonchev–Trinajstić information content (AvgIpc) is 2.39. The topological polar surface area (TPSA) is 40.5 Å². The first-order chi connectivity index (χ1) is 9.04. The number of aliphatic hydroxyl groups excluding tert-OH is 1. The number of nitrogens with zero attached hydrogens (tertiary/aromatic N) is 1. The van der Waals surface area contributed by atoms with E-state index in [2.05, 4.69) is 15.9 Å². The van der Waals surface area contributed by atoms with E-state index in [0.29, 0.717) is 17.5 Å². The minimum Gasteiger partial charge on any atom is -0.396 e. The lowest BCUT2D eigenvalue weighted by molar-refractivity contribution is -0.127. The van der Waals surface area contributed by atoms with E-state index in [0.717, 1.165) is 16.5 Å². The Hall–Kier alpha value is -0.520. The molecule has 1 unspecified atom stereocenters. The van der Waals surface area contributed by atoms with Crippen molar-refractivity contribution in [2.75, 3.05) is 19.4 Å². The van der Waals surface area contributed by atoms with Gasteiger partial charge in [0.2, 0.25) is 5.91 Å². The van der Waals surface area contributed by atoms with Gasteiger partial charge in [-0.3, -0.25) is 4.79 Å². The smallest absolute Gasteiger partial charge is 0.232 e. The van der Waals surface area contributed by atoms with Gasteiger partial charge >= 0.3 is 0 Å². The number of hydrogen-bond donors (Lipinski definition) is 1. The molecule has 0 fully saturated rings. The fraction of sp³-hybridized carbons (Fsp3) is 0.500. The molecule has 0 aromatic heterocycles. The van der Waals surface area contributed by atoms with Gasteiger partial charge in [-0.25, -0.2) is 0 Å². The molecule has 1 atom stereocenters. The first kappa shape index (κ1) is 16.5. The van der Waals surface area contributed by atoms with Crippen LogP contribution in [0.5, 0.6) is 0 Å². The van der Waals surface area contributed by atoms with Gasteiger partial charge in [0.25, 0.3) is 0 Å². The molecule has 0 aliphatic carbocycles. The fourth-order valence-electron chi connectivity index (χ4n) is 1.56. The van der Waals surface area contributed by atoms with Crippen molar-refractivity contribution in [2.24, 2.45) is 0 Å². The van der Waals surface area contributed by atoms with E-state index < -0.39 is 0 Å². The zero-order valence-corrected chi connectivity index (χ0v) is 13.7. The predicted molar refractivity (Wildman–Crippen MR) is 84.2 cm³/mol. The van der Waals surface area contributed by atoms with Gasteiger partial charge in [-0.15, -0.1) is 11.8 Å². The number of amides is 1. The third kappa shape index (κ3) is 5.97. The Morgan fingerprint density at radius 3 is 2.79 bits per heavy atom. The summed E-state index contributed by atoms with van der Waals surface area (Å²) in [7, 11) is 1.82. The van der Waals surface area contributed by atoms with E-state index in [1.54, 1.807) is 16.7 Å². The highest BCUT2D eigenvalue weighted by atomic mass is 79.9. The van der Waals surface area contributed by atoms with Crippen LogP contribution in [0.4, 0.5) is 0 Å². The van der Waals surface area contributed by atoms with Crippen LogP contribution >= 0.6 is 27.7 Å². The average molecular weight is 346 g/mol. The van der Waals surface area contributed by atoms with E-state index in [9.17, 15) is 4.79 Å². The van der Waals surface area contributed by atoms with E-state index in [4.69, 9.17) is 5.11 Å². The first-order valence-corrected chi connectivity index (χ1v) is 8.08. The molecule has 3 nitrogen and oxygen atoms in total. The molecule has 5 heteroatoms. The number of halogens is 1. The molecule has 1 aromatic rings. The van der Waals surface area contributed by atoms with Gasteiger partial charge in [-0.05, 0) is 18.1 Å². The number of benzene rings is 1. The van der Waals surface area contributed by atoms with Crippen molar-refractivity contribution in [3.8, 4) is 0 Å². The van der Waals surface area contributed by atoms with Gasteiger partial charge < -0.3 is 10.0 Å². The third-order valence-corrected chi connectivity index (χ3v) is 4.81. The van der Waals surface area contributed by atoms with Gasteiger partial charge in [-0.2, -0.15) is 0 Å². The maximum Gasteiger partial charge on any atom is 0.232 e. The minimum absolute atomic E-state index is 0.116. The Labute approximate surface area is 127 Å². The Balaban J connectivity index is 2.43. The van der Waals surface area contributed by atoms with Crippen LogP contribution in [0.25, 0.3) is 0 Å². The second-order valence-corrected chi connectivity index (χ2v) is 6.76. The summed E-state index contributed by atoms with van der Waals surface area (Å²) in [5, 5.41) is 9.13. The molecule has 0 saturated heterocycles. The summed E-state index contributed by atoms with van der Waals surface area (Å²) in [6.45, 7) is 2.81. The van der Waals surface area contributed by atoms with E-state index in [-0.39, 0.29) is 12.5 Å². The van der Waals surface area contributed by atoms with Crippen LogP contribution < -0.4 is 0 Å². The summed E-state index contributed by atoms with van der Waals surface area (Å²) in [5.74, 6) is 0.577. The Bertz CT molecular complexity index is 414. The standard InChI is InChI=1S/C14H20BrNO2S/c1-11(7-8-17)19-10-14(18)16(2)9-12-5-3-4-6-13(12)15/h3-6,11,17H,7-10H2,1-2H3. The lowest BCUT2D eigenvalue weighted by Crippen LogP contribution is -2.28. The normalized spacial score (nSPS) is 12.2. The quantitative estimate of drug-likeness (QED) is 0.825. The van der Waals surface area contributed by atoms with Crippen molar-refractivity contribution >= 4 is 33.6 Å². The van der Waals surface area contributed by atoms with Gasteiger partial charge in [0.05, 0.1) is 5.75 Å². The van der Waals surface area contributed by atoms with Crippen LogP contribution in [-0.2, 0) is 11.3 Å². The summed E-state index contributed by atoms with van der Waals surface area (Å²) >= 11 is 5.07. The lowest BCUT2D eigenvalue weighted by atomic mass is 10.2. The summed E-state index contributed by atoms with van der Waals surface area (Å²) in [5.41, 5.74) is 1.10. The zero-order valence-electron chi connectivity index (χ0n) is 11.3. The van der Waals surface area contributed by atoms with E-state index >= 15 is 0 Å². The van der Waals surface area contributed by atoms with Gasteiger partial charge in [0, 0.05) is 29.9 Å². The fourth-order valence-corrected chi connectivity index (χ4v) is 2.89. The second-order valence-electron chi connectivity index (χ2n) is 4.48. The van der Waals surface area contributed by atoms with E-state index in [1.165, 1.54) is 0 Å². The van der Waals surface area contributed by atoms with Crippen LogP contribution in [-0.4, -0.2) is 40.6 Å². The molecule has 0 bridgehead atoms. The molecule has 1 rings (SSSR count). The molecule has 0 aliphatic heterocycles. The highest BCUT2D eigenvalue weighted by Gasteiger charge is 2.12. The largest absolute Gasteiger partial charge is 0.396 e. The first-order valence-electron chi connectivity index (χ1n) is 6.24. The Morgan fingerprint density at radius 1 is 1.47 bits per heavy atom. The number of rotatable bonds is 7. The number of hydrogen-bond acceptors (Lipinski definition) is 3. The molecule has 19 heavy (non-hydrogen) atoms. The SMILES string of the molecule is CC(CCO)SCC(=O)N(C)Cc1ccccc1Br. The van der Waals surface area contributed by atoms with Crippen molar-refractivity contribution < 1.29 is 9.90 Å². The zero-order chi connectivity index (χ0) is 14.3. The third-order valence-electron chi connectivity index (χ3n) is 2.82. The van der Waals surface area contributed by atoms with Crippen LogP contribution in [0.3, 0.4) is 0 Å². The Kier molecular flexibility index (Phi) is 7.49. The summed E-state index contributed by atoms with van der Waals surface area (Å²) in [6, 6.07) is 7.92. The number of thioether (sulfide) groups is 1. The van der Waals surface area contributed by atoms with Crippen LogP contribution in [0.15, 0.2) is 28.7 Å². The van der Waals surface area contributed by atoms with Gasteiger partial charge in [-0.1, -0.05) is 41.1 Å². The van der Waals surface area contributed by atoms with Crippen LogP contribution in [0.1, 0.15) is 18.9 Å². The molecule has 106 valence electrons. The highest BCUT2D eigenvalue weighted by Crippen LogP contribution is 2.18. The number of carbonyl (C=O) groups excluding carboxylic acids is 1. The molecule has 0 aliphatic rings. The summed E-state index contributed by atoms with van der Waals surface area (Å²) in [4.78, 5) is 13.7. The van der Waals surface area contributed by atoms with E-state index in [1.807, 2.05) is 38.2 Å². The highest BCUT2D eigenvalue weighted by molar-refractivity contribution is 9.10. The predicted octanol–water partition coefficient (Wildman–Crippen LogP) is 2.91. The number of aliphatic hydroxyl groups is 1. The van der Waals surface area contributed by atoms with Crippen molar-refractivity contribution in [1.82, 2.24) is 4.90 Å². The van der Waals surface area contributed by atoms with Crippen molar-refractivity contribution in [1.29, 1.82) is 0 Å². The summed E-state index contributed by atoms with van der Waals surface area (Å²) < 4.78 is 1.02. The molecule has 0 radical (unpaired) electrons. The molecule has 0 heterocycles. The van der Waals surface area contributed by atoms with Crippen LogP contribution in [0, 0.1) is 0 Å². The van der Waals surface area contributed by atoms with Crippen molar-refractivity contribution in [2.45, 2.75) is 25.1 Å². The molecule has 1 amide bonds. The second kappa shape index (κ2) is 8.61. The monoisotopic (exact) mass is 345 g/mol. The molecular formula is C14H20BrNO2S. The van der Waals surface area contributed by atoms with Crippen molar-refractivity contribution in [3.63, 3.8) is 0 Å². The molecule has 1 N–H and O–H groups in total. The molecule has 0 spiro atoms. The van der Waals surface area contributed by atoms with Crippen molar-refractivity contribution in [3.05, 3.63) is 34.3 Å². The van der Waals surface area contributed by atoms with Gasteiger partial charge in [0.15, 0.2) is 0 Å². The maximum absolute atomic E-state index is 12.0. The van der Waals surface area contributed by atoms with Crippen LogP contribution in [0.2, 0.25) is 0 Å². The maximum atomic E-state index is 12.0.